The Balaban J connectivity index is 1.32. The Morgan fingerprint density at radius 2 is 1.27 bits per heavy atom. The first kappa shape index (κ1) is 33.1. The molecule has 0 aromatic heterocycles. The molecule has 242 valence electrons. The third kappa shape index (κ3) is 7.55. The predicted octanol–water partition coefficient (Wildman–Crippen LogP) is 2.59. The van der Waals surface area contributed by atoms with Crippen molar-refractivity contribution in [3.05, 3.63) is 139 Å². The van der Waals surface area contributed by atoms with Crippen LogP contribution in [0.1, 0.15) is 11.1 Å². The fourth-order valence-electron chi connectivity index (χ4n) is 4.64. The highest BCUT2D eigenvalue weighted by Gasteiger charge is 2.19. The van der Waals surface area contributed by atoms with Gasteiger partial charge in [0, 0.05) is 0 Å². The molecule has 0 amide bonds. The SMILES string of the molecule is Cc1cc(NN=C2C=CC(=O)C(C(=O)O)=C2)ccc1-c1ccc(NN=c2c(=O)ccc(=NNc3ccc(S(=O)(=O)O)cc3)c2=O)cc1C. The summed E-state index contributed by atoms with van der Waals surface area (Å²) in [5.74, 6) is -1.92. The van der Waals surface area contributed by atoms with Gasteiger partial charge >= 0.3 is 5.97 Å². The summed E-state index contributed by atoms with van der Waals surface area (Å²) in [6.45, 7) is 3.82. The minimum absolute atomic E-state index is 0.105. The van der Waals surface area contributed by atoms with Gasteiger partial charge in [-0.1, -0.05) is 12.1 Å². The monoisotopic (exact) mass is 666 g/mol. The number of aryl methyl sites for hydroxylation is 2. The highest BCUT2D eigenvalue weighted by Crippen LogP contribution is 2.30. The Bertz CT molecular complexity index is 2410. The van der Waals surface area contributed by atoms with E-state index in [-0.39, 0.29) is 26.9 Å². The fourth-order valence-corrected chi connectivity index (χ4v) is 5.12. The first-order chi connectivity index (χ1) is 22.8. The molecule has 0 fully saturated rings. The van der Waals surface area contributed by atoms with E-state index in [1.165, 1.54) is 30.4 Å². The van der Waals surface area contributed by atoms with E-state index in [0.717, 1.165) is 46.5 Å². The van der Waals surface area contributed by atoms with Crippen molar-refractivity contribution in [2.45, 2.75) is 18.7 Å². The van der Waals surface area contributed by atoms with E-state index in [1.807, 2.05) is 32.0 Å². The van der Waals surface area contributed by atoms with Crippen molar-refractivity contribution in [1.82, 2.24) is 0 Å². The predicted molar refractivity (Wildman–Crippen MR) is 178 cm³/mol. The van der Waals surface area contributed by atoms with Gasteiger partial charge < -0.3 is 5.11 Å². The van der Waals surface area contributed by atoms with Gasteiger partial charge in [0.05, 0.1) is 27.7 Å². The molecule has 0 heterocycles. The van der Waals surface area contributed by atoms with Crippen molar-refractivity contribution in [3.63, 3.8) is 0 Å². The number of anilines is 3. The number of rotatable bonds is 9. The molecule has 5 rings (SSSR count). The van der Waals surface area contributed by atoms with Crippen LogP contribution in [0.15, 0.2) is 126 Å². The molecular weight excluding hydrogens is 640 g/mol. The molecule has 4 aromatic carbocycles. The molecule has 0 saturated carbocycles. The van der Waals surface area contributed by atoms with E-state index >= 15 is 0 Å². The van der Waals surface area contributed by atoms with Crippen LogP contribution in [0.5, 0.6) is 0 Å². The number of nitrogens with one attached hydrogen (secondary N) is 3. The van der Waals surface area contributed by atoms with Crippen molar-refractivity contribution in [2.24, 2.45) is 15.3 Å². The smallest absolute Gasteiger partial charge is 0.339 e. The Kier molecular flexibility index (Phi) is 9.35. The Hall–Kier alpha value is -6.32. The molecule has 0 saturated heterocycles. The molecule has 0 aliphatic heterocycles. The summed E-state index contributed by atoms with van der Waals surface area (Å²) in [7, 11) is -4.36. The first-order valence-corrected chi connectivity index (χ1v) is 15.5. The number of ketones is 1. The third-order valence-corrected chi connectivity index (χ3v) is 7.95. The molecule has 15 heteroatoms. The summed E-state index contributed by atoms with van der Waals surface area (Å²) in [6.07, 6.45) is 3.77. The average molecular weight is 667 g/mol. The number of nitrogens with zero attached hydrogens (tertiary/aromatic N) is 3. The van der Waals surface area contributed by atoms with Crippen LogP contribution in [0, 0.1) is 13.8 Å². The van der Waals surface area contributed by atoms with Gasteiger partial charge in [-0.15, -0.1) is 0 Å². The second-order valence-corrected chi connectivity index (χ2v) is 11.9. The van der Waals surface area contributed by atoms with Gasteiger partial charge in [-0.2, -0.15) is 23.7 Å². The number of hydrogen-bond acceptors (Lipinski definition) is 12. The van der Waals surface area contributed by atoms with Gasteiger partial charge in [0.1, 0.15) is 10.9 Å². The van der Waals surface area contributed by atoms with E-state index in [2.05, 4.69) is 31.6 Å². The van der Waals surface area contributed by atoms with Crippen LogP contribution in [-0.2, 0) is 19.7 Å². The van der Waals surface area contributed by atoms with E-state index in [9.17, 15) is 27.6 Å². The quantitative estimate of drug-likeness (QED) is 0.0757. The number of hydrogen-bond donors (Lipinski definition) is 5. The molecule has 0 atom stereocenters. The number of allylic oxidation sites excluding steroid dienone is 3. The number of carbonyl (C=O) groups excluding carboxylic acids is 1. The van der Waals surface area contributed by atoms with Gasteiger partial charge in [0.2, 0.25) is 10.9 Å². The minimum atomic E-state index is -4.36. The zero-order chi connectivity index (χ0) is 34.6. The van der Waals surface area contributed by atoms with Crippen molar-refractivity contribution in [1.29, 1.82) is 0 Å². The maximum Gasteiger partial charge on any atom is 0.339 e. The van der Waals surface area contributed by atoms with E-state index in [1.54, 1.807) is 18.2 Å². The fraction of sp³-hybridized carbons (Fsp3) is 0.0606. The van der Waals surface area contributed by atoms with Crippen LogP contribution in [0.25, 0.3) is 11.1 Å². The summed E-state index contributed by atoms with van der Waals surface area (Å²) in [6, 6.07) is 18.4. The number of hydrazone groups is 1. The molecule has 1 aliphatic rings. The molecular formula is C33H26N6O8S. The van der Waals surface area contributed by atoms with Crippen LogP contribution >= 0.6 is 0 Å². The van der Waals surface area contributed by atoms with Crippen LogP contribution in [-0.4, -0.2) is 35.5 Å². The second-order valence-electron chi connectivity index (χ2n) is 10.5. The maximum atomic E-state index is 12.9. The molecule has 0 radical (unpaired) electrons. The number of carboxylic acids is 1. The Morgan fingerprint density at radius 1 is 0.708 bits per heavy atom. The molecule has 0 bridgehead atoms. The molecule has 0 unspecified atom stereocenters. The maximum absolute atomic E-state index is 12.9. The number of benzene rings is 4. The lowest BCUT2D eigenvalue weighted by molar-refractivity contribution is -0.134. The summed E-state index contributed by atoms with van der Waals surface area (Å²) in [5.41, 5.74) is 12.0. The van der Waals surface area contributed by atoms with Gasteiger partial charge in [0.25, 0.3) is 10.1 Å². The minimum Gasteiger partial charge on any atom is -0.478 e. The molecule has 1 aliphatic carbocycles. The zero-order valence-electron chi connectivity index (χ0n) is 25.3. The van der Waals surface area contributed by atoms with Gasteiger partial charge in [0.15, 0.2) is 11.1 Å². The highest BCUT2D eigenvalue weighted by atomic mass is 32.2. The molecule has 4 aromatic rings. The van der Waals surface area contributed by atoms with Crippen molar-refractivity contribution in [3.8, 4) is 11.1 Å². The highest BCUT2D eigenvalue weighted by molar-refractivity contribution is 7.85. The van der Waals surface area contributed by atoms with Crippen LogP contribution < -0.4 is 37.8 Å². The second kappa shape index (κ2) is 13.6. The molecule has 5 N–H and O–H groups in total. The molecule has 0 spiro atoms. The topological polar surface area (TPSA) is 216 Å². The third-order valence-electron chi connectivity index (χ3n) is 7.08. The van der Waals surface area contributed by atoms with Crippen LogP contribution in [0.3, 0.4) is 0 Å². The lowest BCUT2D eigenvalue weighted by Crippen LogP contribution is -2.47. The number of aliphatic carboxylic acids is 1. The number of carboxylic acid groups (broad SMARTS) is 1. The van der Waals surface area contributed by atoms with Gasteiger partial charge in [-0.3, -0.25) is 35.2 Å². The van der Waals surface area contributed by atoms with Crippen molar-refractivity contribution in [2.75, 3.05) is 16.3 Å². The van der Waals surface area contributed by atoms with E-state index in [4.69, 9.17) is 9.66 Å². The zero-order valence-corrected chi connectivity index (χ0v) is 26.1. The Labute approximate surface area is 272 Å². The van der Waals surface area contributed by atoms with Gasteiger partial charge in [-0.05, 0) is 115 Å². The van der Waals surface area contributed by atoms with Crippen molar-refractivity contribution < 1.29 is 27.7 Å². The summed E-state index contributed by atoms with van der Waals surface area (Å²) in [5, 5.41) is 20.9. The standard InChI is InChI=1S/C33H26N6O8S/c1-18-15-21(35-36-23-7-13-29(40)27(17-23)33(43)44)5-10-25(18)26-11-6-22(16-19(26)2)37-39-31-30(41)14-12-28(32(31)42)38-34-20-3-8-24(9-4-20)48(45,46)47/h3-17,34-35,37H,1-2H3,(H,43,44)(H,45,46,47). The van der Waals surface area contributed by atoms with Crippen molar-refractivity contribution >= 4 is 44.6 Å². The molecule has 14 nitrogen and oxygen atoms in total. The Morgan fingerprint density at radius 3 is 1.83 bits per heavy atom. The largest absolute Gasteiger partial charge is 0.478 e. The molecule has 48 heavy (non-hydrogen) atoms. The summed E-state index contributed by atoms with van der Waals surface area (Å²) >= 11 is 0. The van der Waals surface area contributed by atoms with Crippen LogP contribution in [0.4, 0.5) is 17.1 Å². The first-order valence-electron chi connectivity index (χ1n) is 14.0. The van der Waals surface area contributed by atoms with Gasteiger partial charge in [-0.25, -0.2) is 4.79 Å². The van der Waals surface area contributed by atoms with E-state index < -0.39 is 32.7 Å². The number of carbonyl (C=O) groups is 2. The average Bonchev–Trinajstić information content (AvgIpc) is 3.04. The normalized spacial score (nSPS) is 14.6. The summed E-state index contributed by atoms with van der Waals surface area (Å²) in [4.78, 5) is 48.0. The summed E-state index contributed by atoms with van der Waals surface area (Å²) < 4.78 is 31.5. The lowest BCUT2D eigenvalue weighted by atomic mass is 9.96. The lowest BCUT2D eigenvalue weighted by Gasteiger charge is -2.13. The van der Waals surface area contributed by atoms with E-state index in [0.29, 0.717) is 17.1 Å². The van der Waals surface area contributed by atoms with Crippen LogP contribution in [0.2, 0.25) is 0 Å².